The first-order valence-corrected chi connectivity index (χ1v) is 11.3. The zero-order chi connectivity index (χ0) is 16.5. The molecule has 1 aliphatic rings. The third kappa shape index (κ3) is 5.34. The van der Waals surface area contributed by atoms with E-state index in [0.717, 1.165) is 6.04 Å². The third-order valence-electron chi connectivity index (χ3n) is 3.69. The molecule has 1 fully saturated rings. The maximum absolute atomic E-state index is 12.0. The molecule has 6 heteroatoms. The summed E-state index contributed by atoms with van der Waals surface area (Å²) in [5, 5.41) is 9.65. The van der Waals surface area contributed by atoms with Crippen molar-refractivity contribution in [3.63, 3.8) is 0 Å². The monoisotopic (exact) mass is 315 g/mol. The summed E-state index contributed by atoms with van der Waals surface area (Å²) in [5.41, 5.74) is -1.18. The van der Waals surface area contributed by atoms with Gasteiger partial charge in [0.2, 0.25) is 0 Å². The number of hydrogen-bond donors (Lipinski definition) is 1. The highest BCUT2D eigenvalue weighted by Gasteiger charge is 2.45. The SMILES string of the molecule is CC(C)(C)OC(=O)N1CCC(C[Si](C)(C)C)(C(=O)O)CC1. The largest absolute Gasteiger partial charge is 0.481 e. The number of piperidine rings is 1. The molecular weight excluding hydrogens is 286 g/mol. The maximum atomic E-state index is 12.0. The Morgan fingerprint density at radius 2 is 1.67 bits per heavy atom. The Hall–Kier alpha value is -1.04. The van der Waals surface area contributed by atoms with Crippen LogP contribution in [0, 0.1) is 5.41 Å². The van der Waals surface area contributed by atoms with Gasteiger partial charge in [-0.1, -0.05) is 19.6 Å². The minimum Gasteiger partial charge on any atom is -0.481 e. The van der Waals surface area contributed by atoms with Crippen molar-refractivity contribution in [1.82, 2.24) is 4.90 Å². The molecule has 1 saturated heterocycles. The van der Waals surface area contributed by atoms with Crippen molar-refractivity contribution >= 4 is 20.1 Å². The molecular formula is C15H29NO4Si. The van der Waals surface area contributed by atoms with Gasteiger partial charge in [0, 0.05) is 21.2 Å². The number of aliphatic carboxylic acids is 1. The minimum atomic E-state index is -1.48. The van der Waals surface area contributed by atoms with Gasteiger partial charge in [-0.2, -0.15) is 0 Å². The summed E-state index contributed by atoms with van der Waals surface area (Å²) in [4.78, 5) is 25.4. The number of ether oxygens (including phenoxy) is 1. The standard InChI is InChI=1S/C15H29NO4Si/c1-14(2,3)20-13(19)16-9-7-15(8-10-16,12(17)18)11-21(4,5)6/h7-11H2,1-6H3,(H,17,18). The van der Waals surface area contributed by atoms with E-state index >= 15 is 0 Å². The van der Waals surface area contributed by atoms with E-state index in [1.54, 1.807) is 4.90 Å². The van der Waals surface area contributed by atoms with E-state index in [4.69, 9.17) is 4.74 Å². The maximum Gasteiger partial charge on any atom is 0.410 e. The summed E-state index contributed by atoms with van der Waals surface area (Å²) >= 11 is 0. The molecule has 1 rings (SSSR count). The quantitative estimate of drug-likeness (QED) is 0.810. The van der Waals surface area contributed by atoms with Gasteiger partial charge in [0.1, 0.15) is 5.60 Å². The number of carboxylic acid groups (broad SMARTS) is 1. The van der Waals surface area contributed by atoms with Crippen molar-refractivity contribution in [2.24, 2.45) is 5.41 Å². The lowest BCUT2D eigenvalue weighted by Crippen LogP contribution is -2.50. The molecule has 0 aromatic heterocycles. The van der Waals surface area contributed by atoms with Gasteiger partial charge in [0.05, 0.1) is 5.41 Å². The molecule has 21 heavy (non-hydrogen) atoms. The number of carbonyl (C=O) groups excluding carboxylic acids is 1. The van der Waals surface area contributed by atoms with E-state index in [1.807, 2.05) is 20.8 Å². The number of rotatable bonds is 3. The zero-order valence-corrected chi connectivity index (χ0v) is 15.2. The Labute approximate surface area is 128 Å². The predicted octanol–water partition coefficient (Wildman–Crippen LogP) is 3.43. The minimum absolute atomic E-state index is 0.338. The lowest BCUT2D eigenvalue weighted by atomic mass is 9.80. The topological polar surface area (TPSA) is 66.8 Å². The smallest absolute Gasteiger partial charge is 0.410 e. The van der Waals surface area contributed by atoms with Crippen LogP contribution in [0.1, 0.15) is 33.6 Å². The predicted molar refractivity (Wildman–Crippen MR) is 85.3 cm³/mol. The first-order valence-electron chi connectivity index (χ1n) is 7.56. The number of likely N-dealkylation sites (tertiary alicyclic amines) is 1. The fourth-order valence-corrected chi connectivity index (χ4v) is 5.46. The molecule has 1 aliphatic heterocycles. The van der Waals surface area contributed by atoms with E-state index < -0.39 is 25.1 Å². The van der Waals surface area contributed by atoms with Crippen molar-refractivity contribution in [2.45, 2.75) is 64.9 Å². The second kappa shape index (κ2) is 5.99. The Balaban J connectivity index is 2.71. The molecule has 0 aromatic rings. The summed E-state index contributed by atoms with van der Waals surface area (Å²) in [6, 6.07) is 0.761. The van der Waals surface area contributed by atoms with E-state index in [-0.39, 0.29) is 6.09 Å². The molecule has 5 nitrogen and oxygen atoms in total. The van der Waals surface area contributed by atoms with Gasteiger partial charge < -0.3 is 14.7 Å². The van der Waals surface area contributed by atoms with Crippen molar-refractivity contribution in [3.8, 4) is 0 Å². The number of carbonyl (C=O) groups is 2. The van der Waals surface area contributed by atoms with E-state index in [1.165, 1.54) is 0 Å². The van der Waals surface area contributed by atoms with E-state index in [2.05, 4.69) is 19.6 Å². The van der Waals surface area contributed by atoms with Gasteiger partial charge in [-0.05, 0) is 39.7 Å². The van der Waals surface area contributed by atoms with Crippen LogP contribution in [0.5, 0.6) is 0 Å². The van der Waals surface area contributed by atoms with Crippen LogP contribution in [0.4, 0.5) is 4.79 Å². The van der Waals surface area contributed by atoms with Gasteiger partial charge >= 0.3 is 12.1 Å². The molecule has 0 aromatic carbocycles. The summed E-state index contributed by atoms with van der Waals surface area (Å²) in [7, 11) is -1.48. The first-order chi connectivity index (χ1) is 9.35. The van der Waals surface area contributed by atoms with Crippen molar-refractivity contribution in [1.29, 1.82) is 0 Å². The highest BCUT2D eigenvalue weighted by atomic mass is 28.3. The summed E-state index contributed by atoms with van der Waals surface area (Å²) < 4.78 is 5.35. The average Bonchev–Trinajstić information content (AvgIpc) is 2.24. The lowest BCUT2D eigenvalue weighted by molar-refractivity contribution is -0.150. The molecule has 0 atom stereocenters. The first kappa shape index (κ1) is 18.0. The Bertz CT molecular complexity index is 401. The van der Waals surface area contributed by atoms with Gasteiger partial charge in [-0.25, -0.2) is 4.79 Å². The molecule has 0 aliphatic carbocycles. The molecule has 0 unspecified atom stereocenters. The summed E-state index contributed by atoms with van der Waals surface area (Å²) in [5.74, 6) is -0.714. The normalized spacial score (nSPS) is 19.2. The van der Waals surface area contributed by atoms with Crippen molar-refractivity contribution in [2.75, 3.05) is 13.1 Å². The second-order valence-electron chi connectivity index (χ2n) is 8.29. The van der Waals surface area contributed by atoms with Crippen LogP contribution in [-0.4, -0.2) is 48.8 Å². The Morgan fingerprint density at radius 1 is 1.19 bits per heavy atom. The number of hydrogen-bond acceptors (Lipinski definition) is 3. The van der Waals surface area contributed by atoms with Gasteiger partial charge in [0.15, 0.2) is 0 Å². The lowest BCUT2D eigenvalue weighted by Gasteiger charge is -2.41. The van der Waals surface area contributed by atoms with Gasteiger partial charge in [-0.15, -0.1) is 0 Å². The molecule has 0 radical (unpaired) electrons. The van der Waals surface area contributed by atoms with Crippen molar-refractivity contribution < 1.29 is 19.4 Å². The summed E-state index contributed by atoms with van der Waals surface area (Å²) in [6.07, 6.45) is 0.701. The molecule has 0 bridgehead atoms. The molecule has 0 spiro atoms. The highest BCUT2D eigenvalue weighted by Crippen LogP contribution is 2.40. The van der Waals surface area contributed by atoms with E-state index in [9.17, 15) is 14.7 Å². The fraction of sp³-hybridized carbons (Fsp3) is 0.867. The second-order valence-corrected chi connectivity index (χ2v) is 13.8. The Kier molecular flexibility index (Phi) is 5.13. The van der Waals surface area contributed by atoms with Crippen LogP contribution in [0.15, 0.2) is 0 Å². The van der Waals surface area contributed by atoms with Gasteiger partial charge in [-0.3, -0.25) is 4.79 Å². The van der Waals surface area contributed by atoms with Crippen LogP contribution in [0.2, 0.25) is 25.7 Å². The highest BCUT2D eigenvalue weighted by molar-refractivity contribution is 6.76. The fourth-order valence-electron chi connectivity index (χ4n) is 2.93. The van der Waals surface area contributed by atoms with Crippen LogP contribution in [-0.2, 0) is 9.53 Å². The average molecular weight is 315 g/mol. The van der Waals surface area contributed by atoms with Gasteiger partial charge in [0.25, 0.3) is 0 Å². The Morgan fingerprint density at radius 3 is 2.00 bits per heavy atom. The molecule has 0 saturated carbocycles. The number of amides is 1. The molecule has 122 valence electrons. The number of carboxylic acids is 1. The van der Waals surface area contributed by atoms with Crippen molar-refractivity contribution in [3.05, 3.63) is 0 Å². The van der Waals surface area contributed by atoms with E-state index in [0.29, 0.717) is 25.9 Å². The van der Waals surface area contributed by atoms with Crippen LogP contribution < -0.4 is 0 Å². The summed E-state index contributed by atoms with van der Waals surface area (Å²) in [6.45, 7) is 13.0. The zero-order valence-electron chi connectivity index (χ0n) is 14.2. The molecule has 1 heterocycles. The molecule has 1 amide bonds. The third-order valence-corrected chi connectivity index (χ3v) is 5.43. The number of nitrogens with zero attached hydrogens (tertiary/aromatic N) is 1. The van der Waals surface area contributed by atoms with Crippen LogP contribution in [0.3, 0.4) is 0 Å². The molecule has 1 N–H and O–H groups in total. The van der Waals surface area contributed by atoms with Crippen LogP contribution in [0.25, 0.3) is 0 Å². The van der Waals surface area contributed by atoms with Crippen LogP contribution >= 0.6 is 0 Å².